The van der Waals surface area contributed by atoms with Crippen LogP contribution in [0.25, 0.3) is 0 Å². The SMILES string of the molecule is CCC(C)C(NC(=O)CNC(=O)C(CC(C)C)NC(=O)C(N)CC(=O)O)C(=O)O. The predicted octanol–water partition coefficient (Wildman–Crippen LogP) is -0.949. The average molecular weight is 416 g/mol. The van der Waals surface area contributed by atoms with Gasteiger partial charge in [-0.15, -0.1) is 0 Å². The number of aliphatic carboxylic acids is 2. The molecule has 3 amide bonds. The van der Waals surface area contributed by atoms with Gasteiger partial charge in [0.25, 0.3) is 0 Å². The topological polar surface area (TPSA) is 188 Å². The number of carboxylic acid groups (broad SMARTS) is 2. The molecule has 11 heteroatoms. The van der Waals surface area contributed by atoms with Gasteiger partial charge >= 0.3 is 11.9 Å². The maximum absolute atomic E-state index is 12.4. The van der Waals surface area contributed by atoms with E-state index >= 15 is 0 Å². The second kappa shape index (κ2) is 12.7. The zero-order valence-electron chi connectivity index (χ0n) is 17.2. The van der Waals surface area contributed by atoms with Gasteiger partial charge in [0.1, 0.15) is 12.1 Å². The normalized spacial score (nSPS) is 15.0. The first-order valence-corrected chi connectivity index (χ1v) is 9.46. The summed E-state index contributed by atoms with van der Waals surface area (Å²) >= 11 is 0. The highest BCUT2D eigenvalue weighted by molar-refractivity contribution is 5.93. The minimum Gasteiger partial charge on any atom is -0.481 e. The van der Waals surface area contributed by atoms with Gasteiger partial charge in [0.15, 0.2) is 0 Å². The Labute approximate surface area is 169 Å². The lowest BCUT2D eigenvalue weighted by molar-refractivity contribution is -0.143. The molecule has 0 aromatic rings. The number of nitrogens with one attached hydrogen (secondary N) is 3. The van der Waals surface area contributed by atoms with Gasteiger partial charge in [-0.3, -0.25) is 19.2 Å². The third-order valence-electron chi connectivity index (χ3n) is 4.29. The largest absolute Gasteiger partial charge is 0.481 e. The first kappa shape index (κ1) is 26.3. The van der Waals surface area contributed by atoms with Crippen LogP contribution < -0.4 is 21.7 Å². The smallest absolute Gasteiger partial charge is 0.326 e. The average Bonchev–Trinajstić information content (AvgIpc) is 2.61. The lowest BCUT2D eigenvalue weighted by atomic mass is 9.99. The number of nitrogens with two attached hydrogens (primary N) is 1. The monoisotopic (exact) mass is 416 g/mol. The Hall–Kier alpha value is -2.69. The number of carbonyl (C=O) groups excluding carboxylic acids is 3. The second-order valence-corrected chi connectivity index (χ2v) is 7.38. The van der Waals surface area contributed by atoms with Crippen molar-refractivity contribution in [3.05, 3.63) is 0 Å². The number of carboxylic acids is 2. The fourth-order valence-electron chi connectivity index (χ4n) is 2.46. The van der Waals surface area contributed by atoms with Gasteiger partial charge in [0.05, 0.1) is 19.0 Å². The van der Waals surface area contributed by atoms with Crippen molar-refractivity contribution < 1.29 is 34.2 Å². The van der Waals surface area contributed by atoms with Crippen molar-refractivity contribution in [2.45, 2.75) is 65.1 Å². The van der Waals surface area contributed by atoms with Crippen LogP contribution in [0.2, 0.25) is 0 Å². The maximum Gasteiger partial charge on any atom is 0.326 e. The van der Waals surface area contributed by atoms with E-state index in [2.05, 4.69) is 16.0 Å². The molecule has 0 heterocycles. The third kappa shape index (κ3) is 10.4. The van der Waals surface area contributed by atoms with Gasteiger partial charge in [0.2, 0.25) is 17.7 Å². The van der Waals surface area contributed by atoms with Gasteiger partial charge < -0.3 is 31.9 Å². The van der Waals surface area contributed by atoms with Gasteiger partial charge in [-0.25, -0.2) is 4.79 Å². The number of rotatable bonds is 13. The van der Waals surface area contributed by atoms with E-state index in [0.717, 1.165) is 0 Å². The molecule has 0 spiro atoms. The van der Waals surface area contributed by atoms with Crippen LogP contribution in [0, 0.1) is 11.8 Å². The van der Waals surface area contributed by atoms with E-state index < -0.39 is 60.8 Å². The lowest BCUT2D eigenvalue weighted by Gasteiger charge is -2.23. The number of hydrogen-bond donors (Lipinski definition) is 6. The molecular formula is C18H32N4O7. The van der Waals surface area contributed by atoms with Crippen LogP contribution in [0.1, 0.15) is 47.0 Å². The van der Waals surface area contributed by atoms with Crippen molar-refractivity contribution in [3.63, 3.8) is 0 Å². The molecule has 0 bridgehead atoms. The van der Waals surface area contributed by atoms with Crippen molar-refractivity contribution in [1.82, 2.24) is 16.0 Å². The standard InChI is InChI=1S/C18H32N4O7/c1-5-10(4)15(18(28)29)22-13(23)8-20-17(27)12(6-9(2)3)21-16(26)11(19)7-14(24)25/h9-12,15H,5-8,19H2,1-4H3,(H,20,27)(H,21,26)(H,22,23)(H,24,25)(H,28,29). The van der Waals surface area contributed by atoms with E-state index in [1.807, 2.05) is 13.8 Å². The molecule has 29 heavy (non-hydrogen) atoms. The van der Waals surface area contributed by atoms with E-state index in [0.29, 0.717) is 6.42 Å². The summed E-state index contributed by atoms with van der Waals surface area (Å²) in [5, 5.41) is 25.0. The molecule has 0 fully saturated rings. The van der Waals surface area contributed by atoms with Crippen LogP contribution in [0.5, 0.6) is 0 Å². The molecule has 0 saturated heterocycles. The van der Waals surface area contributed by atoms with Crippen molar-refractivity contribution >= 4 is 29.7 Å². The van der Waals surface area contributed by atoms with Crippen LogP contribution >= 0.6 is 0 Å². The molecule has 0 aliphatic rings. The Balaban J connectivity index is 4.89. The zero-order chi connectivity index (χ0) is 22.7. The fourth-order valence-corrected chi connectivity index (χ4v) is 2.46. The summed E-state index contributed by atoms with van der Waals surface area (Å²) in [4.78, 5) is 58.4. The van der Waals surface area contributed by atoms with E-state index in [1.54, 1.807) is 13.8 Å². The second-order valence-electron chi connectivity index (χ2n) is 7.38. The van der Waals surface area contributed by atoms with Crippen LogP contribution in [0.15, 0.2) is 0 Å². The molecule has 0 aromatic heterocycles. The van der Waals surface area contributed by atoms with Crippen molar-refractivity contribution in [2.75, 3.05) is 6.54 Å². The van der Waals surface area contributed by atoms with Crippen LogP contribution in [-0.2, 0) is 24.0 Å². The highest BCUT2D eigenvalue weighted by atomic mass is 16.4. The molecule has 0 aliphatic carbocycles. The molecule has 4 atom stereocenters. The van der Waals surface area contributed by atoms with E-state index in [9.17, 15) is 29.1 Å². The van der Waals surface area contributed by atoms with Crippen molar-refractivity contribution in [2.24, 2.45) is 17.6 Å². The van der Waals surface area contributed by atoms with Crippen LogP contribution in [0.3, 0.4) is 0 Å². The summed E-state index contributed by atoms with van der Waals surface area (Å²) in [7, 11) is 0. The van der Waals surface area contributed by atoms with E-state index in [4.69, 9.17) is 10.8 Å². The maximum atomic E-state index is 12.4. The van der Waals surface area contributed by atoms with Crippen LogP contribution in [0.4, 0.5) is 0 Å². The summed E-state index contributed by atoms with van der Waals surface area (Å²) in [6, 6.07) is -3.41. The fraction of sp³-hybridized carbons (Fsp3) is 0.722. The van der Waals surface area contributed by atoms with Gasteiger partial charge in [-0.2, -0.15) is 0 Å². The van der Waals surface area contributed by atoms with E-state index in [1.165, 1.54) is 0 Å². The van der Waals surface area contributed by atoms with Crippen molar-refractivity contribution in [3.8, 4) is 0 Å². The number of hydrogen-bond acceptors (Lipinski definition) is 6. The molecule has 0 aliphatic heterocycles. The summed E-state index contributed by atoms with van der Waals surface area (Å²) < 4.78 is 0. The Kier molecular flexibility index (Phi) is 11.5. The van der Waals surface area contributed by atoms with E-state index in [-0.39, 0.29) is 18.3 Å². The molecule has 0 aromatic carbocycles. The summed E-state index contributed by atoms with van der Waals surface area (Å²) in [6.07, 6.45) is 0.197. The molecule has 0 radical (unpaired) electrons. The Morgan fingerprint density at radius 2 is 1.55 bits per heavy atom. The molecule has 0 saturated carbocycles. The molecule has 7 N–H and O–H groups in total. The summed E-state index contributed by atoms with van der Waals surface area (Å²) in [6.45, 7) is 6.65. The predicted molar refractivity (Wildman–Crippen MR) is 104 cm³/mol. The lowest BCUT2D eigenvalue weighted by Crippen LogP contribution is -2.54. The molecular weight excluding hydrogens is 384 g/mol. The molecule has 4 unspecified atom stereocenters. The first-order valence-electron chi connectivity index (χ1n) is 9.46. The Morgan fingerprint density at radius 3 is 2.00 bits per heavy atom. The molecule has 0 rings (SSSR count). The number of carbonyl (C=O) groups is 5. The molecule has 11 nitrogen and oxygen atoms in total. The Bertz CT molecular complexity index is 609. The van der Waals surface area contributed by atoms with Crippen molar-refractivity contribution in [1.29, 1.82) is 0 Å². The first-order chi connectivity index (χ1) is 13.4. The number of amides is 3. The third-order valence-corrected chi connectivity index (χ3v) is 4.29. The zero-order valence-corrected chi connectivity index (χ0v) is 17.2. The summed E-state index contributed by atoms with van der Waals surface area (Å²) in [5.74, 6) is -4.82. The van der Waals surface area contributed by atoms with Gasteiger partial charge in [0, 0.05) is 0 Å². The molecule has 166 valence electrons. The highest BCUT2D eigenvalue weighted by Gasteiger charge is 2.28. The minimum atomic E-state index is -1.31. The quantitative estimate of drug-likeness (QED) is 0.221. The Morgan fingerprint density at radius 1 is 0.966 bits per heavy atom. The summed E-state index contributed by atoms with van der Waals surface area (Å²) in [5.41, 5.74) is 5.50. The van der Waals surface area contributed by atoms with Crippen LogP contribution in [-0.4, -0.2) is 64.5 Å². The van der Waals surface area contributed by atoms with Gasteiger partial charge in [-0.1, -0.05) is 34.1 Å². The van der Waals surface area contributed by atoms with Gasteiger partial charge in [-0.05, 0) is 18.3 Å². The highest BCUT2D eigenvalue weighted by Crippen LogP contribution is 2.08. The minimum absolute atomic E-state index is 0.0115.